The predicted octanol–water partition coefficient (Wildman–Crippen LogP) is -0.321. The molecule has 0 aromatic rings. The van der Waals surface area contributed by atoms with E-state index in [4.69, 9.17) is 10.8 Å². The zero-order chi connectivity index (χ0) is 8.15. The molecule has 0 aromatic heterocycles. The van der Waals surface area contributed by atoms with Gasteiger partial charge in [-0.2, -0.15) is 0 Å². The molecular formula is C6H14ClNO3. The Bertz CT molecular complexity index is 120. The van der Waals surface area contributed by atoms with Crippen LogP contribution in [0.3, 0.4) is 0 Å². The van der Waals surface area contributed by atoms with Crippen molar-refractivity contribution in [3.63, 3.8) is 0 Å². The zero-order valence-corrected chi connectivity index (χ0v) is 7.43. The summed E-state index contributed by atoms with van der Waals surface area (Å²) in [5.74, 6) is -0.672. The minimum atomic E-state index is -1.19. The van der Waals surface area contributed by atoms with Gasteiger partial charge in [-0.1, -0.05) is 6.92 Å². The molecule has 0 bridgehead atoms. The van der Waals surface area contributed by atoms with Gasteiger partial charge in [0.25, 0.3) is 0 Å². The largest absolute Gasteiger partial charge is 0.467 e. The highest BCUT2D eigenvalue weighted by Gasteiger charge is 2.21. The number of carbonyl (C=O) groups excluding carboxylic acids is 1. The van der Waals surface area contributed by atoms with Crippen LogP contribution >= 0.6 is 12.4 Å². The third-order valence-corrected chi connectivity index (χ3v) is 1.32. The number of aliphatic hydroxyl groups is 1. The van der Waals surface area contributed by atoms with Crippen LogP contribution in [0, 0.1) is 0 Å². The number of hydrogen-bond donors (Lipinski definition) is 2. The molecule has 0 rings (SSSR count). The van der Waals surface area contributed by atoms with Crippen LogP contribution < -0.4 is 5.73 Å². The van der Waals surface area contributed by atoms with Crippen molar-refractivity contribution in [3.05, 3.63) is 0 Å². The number of methoxy groups -OCH3 is 1. The van der Waals surface area contributed by atoms with Gasteiger partial charge in [-0.3, -0.25) is 0 Å². The van der Waals surface area contributed by atoms with Crippen molar-refractivity contribution >= 4 is 18.4 Å². The topological polar surface area (TPSA) is 72.5 Å². The molecule has 2 atom stereocenters. The molecule has 0 amide bonds. The Morgan fingerprint density at radius 3 is 2.45 bits per heavy atom. The Morgan fingerprint density at radius 2 is 2.18 bits per heavy atom. The molecule has 0 radical (unpaired) electrons. The highest BCUT2D eigenvalue weighted by molar-refractivity contribution is 5.85. The number of esters is 1. The summed E-state index contributed by atoms with van der Waals surface area (Å²) in [6.45, 7) is 1.79. The van der Waals surface area contributed by atoms with Crippen LogP contribution in [0.1, 0.15) is 13.3 Å². The number of aliphatic hydroxyl groups excluding tert-OH is 1. The smallest absolute Gasteiger partial charge is 0.336 e. The molecule has 68 valence electrons. The number of rotatable bonds is 3. The van der Waals surface area contributed by atoms with Gasteiger partial charge in [0.2, 0.25) is 0 Å². The normalized spacial score (nSPS) is 14.5. The minimum absolute atomic E-state index is 0. The van der Waals surface area contributed by atoms with Crippen molar-refractivity contribution in [2.75, 3.05) is 7.11 Å². The van der Waals surface area contributed by atoms with Gasteiger partial charge in [0.05, 0.1) is 7.11 Å². The molecule has 0 spiro atoms. The van der Waals surface area contributed by atoms with Gasteiger partial charge >= 0.3 is 5.97 Å². The number of carbonyl (C=O) groups is 1. The average molecular weight is 184 g/mol. The lowest BCUT2D eigenvalue weighted by molar-refractivity contribution is -0.151. The SMILES string of the molecule is CCC(N)C(O)C(=O)OC.Cl. The first-order valence-electron chi connectivity index (χ1n) is 3.15. The molecule has 0 saturated heterocycles. The Balaban J connectivity index is 0. The van der Waals surface area contributed by atoms with Crippen molar-refractivity contribution in [2.24, 2.45) is 5.73 Å². The monoisotopic (exact) mass is 183 g/mol. The second-order valence-electron chi connectivity index (χ2n) is 2.04. The molecule has 0 heterocycles. The number of halogens is 1. The first kappa shape index (κ1) is 13.3. The van der Waals surface area contributed by atoms with Crippen LogP contribution in [0.5, 0.6) is 0 Å². The standard InChI is InChI=1S/C6H13NO3.ClH/c1-3-4(7)5(8)6(9)10-2;/h4-5,8H,3,7H2,1-2H3;1H. The van der Waals surface area contributed by atoms with Gasteiger partial charge in [0.1, 0.15) is 0 Å². The third-order valence-electron chi connectivity index (χ3n) is 1.32. The van der Waals surface area contributed by atoms with Crippen LogP contribution in [0.15, 0.2) is 0 Å². The number of hydrogen-bond acceptors (Lipinski definition) is 4. The van der Waals surface area contributed by atoms with Crippen LogP contribution in [0.4, 0.5) is 0 Å². The summed E-state index contributed by atoms with van der Waals surface area (Å²) < 4.78 is 4.27. The predicted molar refractivity (Wildman–Crippen MR) is 43.5 cm³/mol. The summed E-state index contributed by atoms with van der Waals surface area (Å²) in [6, 6.07) is -0.521. The molecule has 2 unspecified atom stereocenters. The maximum atomic E-state index is 10.6. The van der Waals surface area contributed by atoms with Crippen molar-refractivity contribution < 1.29 is 14.6 Å². The van der Waals surface area contributed by atoms with Crippen molar-refractivity contribution in [1.82, 2.24) is 0 Å². The molecular weight excluding hydrogens is 170 g/mol. The van der Waals surface area contributed by atoms with E-state index in [1.807, 2.05) is 0 Å². The summed E-state index contributed by atoms with van der Waals surface area (Å²) in [5, 5.41) is 8.99. The molecule has 0 fully saturated rings. The van der Waals surface area contributed by atoms with E-state index in [2.05, 4.69) is 4.74 Å². The van der Waals surface area contributed by atoms with E-state index >= 15 is 0 Å². The fourth-order valence-electron chi connectivity index (χ4n) is 0.519. The number of ether oxygens (including phenoxy) is 1. The molecule has 11 heavy (non-hydrogen) atoms. The summed E-state index contributed by atoms with van der Waals surface area (Å²) in [7, 11) is 1.22. The molecule has 0 aromatic carbocycles. The highest BCUT2D eigenvalue weighted by atomic mass is 35.5. The van der Waals surface area contributed by atoms with E-state index in [9.17, 15) is 4.79 Å². The zero-order valence-electron chi connectivity index (χ0n) is 6.61. The van der Waals surface area contributed by atoms with Gasteiger partial charge in [-0.25, -0.2) is 4.79 Å². The minimum Gasteiger partial charge on any atom is -0.467 e. The summed E-state index contributed by atoms with van der Waals surface area (Å²) in [6.07, 6.45) is -0.633. The first-order valence-corrected chi connectivity index (χ1v) is 3.15. The van der Waals surface area contributed by atoms with Crippen LogP contribution in [0.2, 0.25) is 0 Å². The molecule has 0 aliphatic rings. The summed E-state index contributed by atoms with van der Waals surface area (Å²) >= 11 is 0. The summed E-state index contributed by atoms with van der Waals surface area (Å²) in [4.78, 5) is 10.6. The number of nitrogens with two attached hydrogens (primary N) is 1. The molecule has 0 aliphatic carbocycles. The van der Waals surface area contributed by atoms with Gasteiger partial charge in [0.15, 0.2) is 6.10 Å². The van der Waals surface area contributed by atoms with Crippen LogP contribution in [-0.4, -0.2) is 30.3 Å². The van der Waals surface area contributed by atoms with E-state index in [1.165, 1.54) is 7.11 Å². The fourth-order valence-corrected chi connectivity index (χ4v) is 0.519. The first-order chi connectivity index (χ1) is 4.63. The molecule has 5 heteroatoms. The van der Waals surface area contributed by atoms with Gasteiger partial charge in [0, 0.05) is 6.04 Å². The molecule has 4 nitrogen and oxygen atoms in total. The highest BCUT2D eigenvalue weighted by Crippen LogP contribution is 1.96. The van der Waals surface area contributed by atoms with E-state index < -0.39 is 18.1 Å². The van der Waals surface area contributed by atoms with E-state index in [0.717, 1.165) is 0 Å². The second-order valence-corrected chi connectivity index (χ2v) is 2.04. The lowest BCUT2D eigenvalue weighted by atomic mass is 10.1. The molecule has 0 aliphatic heterocycles. The van der Waals surface area contributed by atoms with Crippen LogP contribution in [0.25, 0.3) is 0 Å². The van der Waals surface area contributed by atoms with E-state index in [0.29, 0.717) is 6.42 Å². The lowest BCUT2D eigenvalue weighted by Gasteiger charge is -2.13. The van der Waals surface area contributed by atoms with Crippen molar-refractivity contribution in [3.8, 4) is 0 Å². The Morgan fingerprint density at radius 1 is 1.73 bits per heavy atom. The summed E-state index contributed by atoms with van der Waals surface area (Å²) in [5.41, 5.74) is 5.34. The third kappa shape index (κ3) is 4.19. The molecule has 3 N–H and O–H groups in total. The lowest BCUT2D eigenvalue weighted by Crippen LogP contribution is -2.40. The van der Waals surface area contributed by atoms with Crippen molar-refractivity contribution in [1.29, 1.82) is 0 Å². The Kier molecular flexibility index (Phi) is 7.72. The molecule has 0 saturated carbocycles. The van der Waals surface area contributed by atoms with Gasteiger partial charge in [-0.05, 0) is 6.42 Å². The quantitative estimate of drug-likeness (QED) is 0.589. The second kappa shape index (κ2) is 6.39. The average Bonchev–Trinajstić information content (AvgIpc) is 2.00. The van der Waals surface area contributed by atoms with Crippen molar-refractivity contribution in [2.45, 2.75) is 25.5 Å². The maximum Gasteiger partial charge on any atom is 0.336 e. The fraction of sp³-hybridized carbons (Fsp3) is 0.833. The van der Waals surface area contributed by atoms with E-state index in [-0.39, 0.29) is 12.4 Å². The Labute approximate surface area is 72.1 Å². The maximum absolute atomic E-state index is 10.6. The van der Waals surface area contributed by atoms with Gasteiger partial charge < -0.3 is 15.6 Å². The Hall–Kier alpha value is -0.320. The van der Waals surface area contributed by atoms with Gasteiger partial charge in [-0.15, -0.1) is 12.4 Å². The van der Waals surface area contributed by atoms with E-state index in [1.54, 1.807) is 6.92 Å². The van der Waals surface area contributed by atoms with Crippen LogP contribution in [-0.2, 0) is 9.53 Å².